The van der Waals surface area contributed by atoms with Crippen molar-refractivity contribution in [2.75, 3.05) is 47.5 Å². The molecule has 0 aliphatic carbocycles. The molecule has 0 bridgehead atoms. The van der Waals surface area contributed by atoms with Gasteiger partial charge in [-0.05, 0) is 128 Å². The predicted molar refractivity (Wildman–Crippen MR) is 371 cm³/mol. The number of quaternary nitrogens is 1. The molecule has 0 rings (SSSR count). The van der Waals surface area contributed by atoms with Crippen molar-refractivity contribution in [3.05, 3.63) is 158 Å². The number of likely N-dealkylation sites (N-methyl/N-ethyl adjacent to an activating group) is 1. The molecular formula is C76H127NO8P+. The lowest BCUT2D eigenvalue weighted by Gasteiger charge is -2.24. The number of ether oxygens (including phenoxy) is 2. The Morgan fingerprint density at radius 3 is 0.988 bits per heavy atom. The third-order valence-corrected chi connectivity index (χ3v) is 15.0. The van der Waals surface area contributed by atoms with Gasteiger partial charge in [-0.25, -0.2) is 4.57 Å². The maximum Gasteiger partial charge on any atom is 0.472 e. The van der Waals surface area contributed by atoms with Gasteiger partial charge < -0.3 is 18.9 Å². The molecule has 0 aromatic carbocycles. The smallest absolute Gasteiger partial charge is 0.462 e. The van der Waals surface area contributed by atoms with E-state index in [1.54, 1.807) is 0 Å². The fourth-order valence-corrected chi connectivity index (χ4v) is 9.56. The van der Waals surface area contributed by atoms with Crippen LogP contribution >= 0.6 is 7.82 Å². The molecular weight excluding hydrogens is 1090 g/mol. The molecule has 0 fully saturated rings. The highest BCUT2D eigenvalue weighted by Gasteiger charge is 2.27. The molecule has 488 valence electrons. The number of hydrogen-bond donors (Lipinski definition) is 1. The minimum absolute atomic E-state index is 0.0176. The molecule has 0 saturated heterocycles. The number of phosphoric acid groups is 1. The van der Waals surface area contributed by atoms with Gasteiger partial charge in [-0.1, -0.05) is 275 Å². The Bertz CT molecular complexity index is 2010. The molecule has 0 aromatic rings. The molecule has 0 aromatic heterocycles. The lowest BCUT2D eigenvalue weighted by molar-refractivity contribution is -0.870. The molecule has 0 spiro atoms. The summed E-state index contributed by atoms with van der Waals surface area (Å²) in [5.74, 6) is -0.836. The van der Waals surface area contributed by atoms with Gasteiger partial charge in [-0.3, -0.25) is 18.6 Å². The zero-order chi connectivity index (χ0) is 62.6. The second-order valence-electron chi connectivity index (χ2n) is 23.5. The number of carbonyl (C=O) groups is 2. The second-order valence-corrected chi connectivity index (χ2v) is 24.9. The van der Waals surface area contributed by atoms with Crippen LogP contribution in [0.1, 0.15) is 258 Å². The largest absolute Gasteiger partial charge is 0.472 e. The minimum Gasteiger partial charge on any atom is -0.462 e. The van der Waals surface area contributed by atoms with Crippen molar-refractivity contribution < 1.29 is 42.1 Å². The summed E-state index contributed by atoms with van der Waals surface area (Å²) in [5, 5.41) is 0. The molecule has 0 saturated carbocycles. The number of carbonyl (C=O) groups excluding carboxylic acids is 2. The first kappa shape index (κ1) is 81.6. The molecule has 0 heterocycles. The molecule has 86 heavy (non-hydrogen) atoms. The summed E-state index contributed by atoms with van der Waals surface area (Å²) in [6.45, 7) is 4.27. The first-order valence-electron chi connectivity index (χ1n) is 34.2. The van der Waals surface area contributed by atoms with E-state index in [0.29, 0.717) is 17.4 Å². The lowest BCUT2D eigenvalue weighted by atomic mass is 10.0. The van der Waals surface area contributed by atoms with Crippen molar-refractivity contribution in [3.8, 4) is 0 Å². The van der Waals surface area contributed by atoms with E-state index in [1.165, 1.54) is 103 Å². The Hall–Kier alpha value is -4.37. The molecule has 2 atom stereocenters. The summed E-state index contributed by atoms with van der Waals surface area (Å²) in [4.78, 5) is 35.8. The number of allylic oxidation sites excluding steroid dienone is 26. The van der Waals surface area contributed by atoms with Crippen LogP contribution in [0.15, 0.2) is 158 Å². The summed E-state index contributed by atoms with van der Waals surface area (Å²) in [6, 6.07) is 0. The van der Waals surface area contributed by atoms with Crippen LogP contribution in [0.3, 0.4) is 0 Å². The first-order valence-corrected chi connectivity index (χ1v) is 35.7. The van der Waals surface area contributed by atoms with Crippen LogP contribution in [0.4, 0.5) is 0 Å². The number of rotatable bonds is 61. The number of phosphoric ester groups is 1. The Balaban J connectivity index is 4.20. The second kappa shape index (κ2) is 65.1. The lowest BCUT2D eigenvalue weighted by Crippen LogP contribution is -2.37. The van der Waals surface area contributed by atoms with E-state index >= 15 is 0 Å². The topological polar surface area (TPSA) is 108 Å². The maximum absolute atomic E-state index is 12.9. The Morgan fingerprint density at radius 1 is 0.372 bits per heavy atom. The van der Waals surface area contributed by atoms with Crippen molar-refractivity contribution in [3.63, 3.8) is 0 Å². The molecule has 0 amide bonds. The van der Waals surface area contributed by atoms with Gasteiger partial charge in [-0.15, -0.1) is 0 Å². The average molecular weight is 1210 g/mol. The van der Waals surface area contributed by atoms with E-state index in [9.17, 15) is 19.0 Å². The molecule has 9 nitrogen and oxygen atoms in total. The summed E-state index contributed by atoms with van der Waals surface area (Å²) in [7, 11) is 1.44. The summed E-state index contributed by atoms with van der Waals surface area (Å²) < 4.78 is 34.7. The third kappa shape index (κ3) is 68.7. The number of hydrogen-bond acceptors (Lipinski definition) is 7. The summed E-state index contributed by atoms with van der Waals surface area (Å²) in [5.41, 5.74) is 0. The molecule has 1 N–H and O–H groups in total. The van der Waals surface area contributed by atoms with Gasteiger partial charge in [0.25, 0.3) is 0 Å². The number of esters is 2. The fourth-order valence-electron chi connectivity index (χ4n) is 8.82. The molecule has 2 unspecified atom stereocenters. The standard InChI is InChI=1S/C76H126NO8P/c1-6-8-10-12-14-16-18-20-22-24-26-28-30-32-34-35-36-37-38-39-40-41-43-45-47-49-51-53-55-57-59-61-63-65-67-69-76(79)85-74(73-84-86(80,81)83-71-70-77(3,4)5)72-82-75(78)68-66-64-62-60-58-56-54-52-50-48-46-44-42-33-31-29-27-25-23-21-19-17-15-13-11-9-7-2/h8,10,14,16,19-22,25-28,31-34,36-37,39-40,43,45,49,51,55,57,74H,6-7,9,11-13,15,17-18,23-24,29-30,35,38,41-42,44,46-48,50,52-54,56,58-73H2,1-5H3/p+1/b10-8-,16-14-,21-19-,22-20-,27-25-,28-26-,33-31-,34-32-,37-36-,40-39-,45-43-,51-49-,57-55-. The Morgan fingerprint density at radius 2 is 0.663 bits per heavy atom. The fraction of sp³-hybridized carbons (Fsp3) is 0.632. The van der Waals surface area contributed by atoms with E-state index in [4.69, 9.17) is 18.5 Å². The minimum atomic E-state index is -4.41. The van der Waals surface area contributed by atoms with Crippen LogP contribution in [-0.2, 0) is 32.7 Å². The van der Waals surface area contributed by atoms with Gasteiger partial charge in [0.15, 0.2) is 6.10 Å². The highest BCUT2D eigenvalue weighted by Crippen LogP contribution is 2.43. The van der Waals surface area contributed by atoms with Crippen molar-refractivity contribution in [2.45, 2.75) is 264 Å². The van der Waals surface area contributed by atoms with Crippen molar-refractivity contribution >= 4 is 19.8 Å². The summed E-state index contributed by atoms with van der Waals surface area (Å²) in [6.07, 6.45) is 97.6. The Kier molecular flexibility index (Phi) is 61.8. The van der Waals surface area contributed by atoms with Gasteiger partial charge in [0.2, 0.25) is 0 Å². The predicted octanol–water partition coefficient (Wildman–Crippen LogP) is 22.4. The monoisotopic (exact) mass is 1210 g/mol. The van der Waals surface area contributed by atoms with Crippen molar-refractivity contribution in [2.24, 2.45) is 0 Å². The zero-order valence-corrected chi connectivity index (χ0v) is 56.4. The van der Waals surface area contributed by atoms with E-state index in [1.807, 2.05) is 21.1 Å². The molecule has 0 aliphatic rings. The first-order chi connectivity index (χ1) is 42.0. The van der Waals surface area contributed by atoms with Gasteiger partial charge >= 0.3 is 19.8 Å². The molecule has 0 aliphatic heterocycles. The van der Waals surface area contributed by atoms with Crippen molar-refractivity contribution in [1.82, 2.24) is 0 Å². The zero-order valence-electron chi connectivity index (χ0n) is 55.5. The molecule has 10 heteroatoms. The van der Waals surface area contributed by atoms with Crippen LogP contribution in [0.2, 0.25) is 0 Å². The quantitative estimate of drug-likeness (QED) is 0.0211. The molecule has 0 radical (unpaired) electrons. The summed E-state index contributed by atoms with van der Waals surface area (Å²) >= 11 is 0. The van der Waals surface area contributed by atoms with Gasteiger partial charge in [0.05, 0.1) is 27.7 Å². The third-order valence-electron chi connectivity index (χ3n) is 14.0. The van der Waals surface area contributed by atoms with Crippen LogP contribution in [-0.4, -0.2) is 74.9 Å². The van der Waals surface area contributed by atoms with Gasteiger partial charge in [0, 0.05) is 12.8 Å². The highest BCUT2D eigenvalue weighted by atomic mass is 31.2. The van der Waals surface area contributed by atoms with Crippen LogP contribution in [0.5, 0.6) is 0 Å². The van der Waals surface area contributed by atoms with E-state index < -0.39 is 26.5 Å². The normalized spacial score (nSPS) is 14.2. The SMILES string of the molecule is CC/C=C\C/C=C\C/C=C\C/C=C\C/C=C\C/C=C\C/C=C\C/C=C\C/C=C\C/C=C\CCCCCCC(=O)OC(COC(=O)CCCCCCCCCCCCCC/C=C\C/C=C\C/C=C\CCCCCCC)COP(=O)(O)OCC[N+](C)(C)C. The Labute approximate surface area is 528 Å². The number of unbranched alkanes of at least 4 members (excludes halogenated alkanes) is 21. The van der Waals surface area contributed by atoms with E-state index in [2.05, 4.69) is 172 Å². The van der Waals surface area contributed by atoms with Crippen LogP contribution < -0.4 is 0 Å². The number of nitrogens with zero attached hydrogens (tertiary/aromatic N) is 1. The van der Waals surface area contributed by atoms with Crippen LogP contribution in [0.25, 0.3) is 0 Å². The van der Waals surface area contributed by atoms with E-state index in [0.717, 1.165) is 122 Å². The van der Waals surface area contributed by atoms with Crippen LogP contribution in [0, 0.1) is 0 Å². The average Bonchev–Trinajstić information content (AvgIpc) is 3.56. The van der Waals surface area contributed by atoms with Gasteiger partial charge in [-0.2, -0.15) is 0 Å². The van der Waals surface area contributed by atoms with Crippen molar-refractivity contribution in [1.29, 1.82) is 0 Å². The highest BCUT2D eigenvalue weighted by molar-refractivity contribution is 7.47. The maximum atomic E-state index is 12.9. The van der Waals surface area contributed by atoms with Gasteiger partial charge in [0.1, 0.15) is 19.8 Å². The van der Waals surface area contributed by atoms with E-state index in [-0.39, 0.29) is 32.0 Å².